The largest absolute Gasteiger partial charge is 0.673 e. The van der Waals surface area contributed by atoms with Crippen molar-refractivity contribution >= 4 is 41.0 Å². The van der Waals surface area contributed by atoms with E-state index in [1.807, 2.05) is 0 Å². The maximum Gasteiger partial charge on any atom is 0.673 e. The Morgan fingerprint density at radius 1 is 0.318 bits per heavy atom. The van der Waals surface area contributed by atoms with Crippen LogP contribution in [0.25, 0.3) is 22.3 Å². The first-order chi connectivity index (χ1) is 30.9. The Bertz CT molecular complexity index is 1640. The molecule has 4 saturated carbocycles. The Hall–Kier alpha value is -1.96. The van der Waals surface area contributed by atoms with Gasteiger partial charge in [0, 0.05) is 65.9 Å². The van der Waals surface area contributed by atoms with E-state index in [2.05, 4.69) is 136 Å². The molecule has 0 spiro atoms. The minimum Gasteiger partial charge on any atom is -0.418 e. The van der Waals surface area contributed by atoms with Crippen molar-refractivity contribution in [2.45, 2.75) is 151 Å². The van der Waals surface area contributed by atoms with Gasteiger partial charge in [-0.2, -0.15) is 0 Å². The summed E-state index contributed by atoms with van der Waals surface area (Å²) >= 11 is 0. The summed E-state index contributed by atoms with van der Waals surface area (Å²) in [5.41, 5.74) is 9.94. The normalized spacial score (nSPS) is 17.1. The average Bonchev–Trinajstić information content (AvgIpc) is 3.32. The molecule has 2 radical (unpaired) electrons. The van der Waals surface area contributed by atoms with Gasteiger partial charge < -0.3 is 34.5 Å². The summed E-state index contributed by atoms with van der Waals surface area (Å²) in [7, 11) is -13.0. The van der Waals surface area contributed by atoms with E-state index in [4.69, 9.17) is 0 Å². The molecular weight excluding hydrogens is 1070 g/mol. The van der Waals surface area contributed by atoms with Crippen LogP contribution in [0.3, 0.4) is 0 Å². The third-order valence-corrected chi connectivity index (χ3v) is 20.8. The number of benzene rings is 4. The van der Waals surface area contributed by atoms with Crippen molar-refractivity contribution in [1.29, 1.82) is 0 Å². The van der Waals surface area contributed by atoms with Gasteiger partial charge in [-0.05, 0) is 126 Å². The smallest absolute Gasteiger partial charge is 0.418 e. The van der Waals surface area contributed by atoms with Crippen molar-refractivity contribution in [2.24, 2.45) is 0 Å². The van der Waals surface area contributed by atoms with Crippen molar-refractivity contribution < 1.29 is 73.5 Å². The fourth-order valence-electron chi connectivity index (χ4n) is 10.4. The predicted molar refractivity (Wildman–Crippen MR) is 270 cm³/mol. The van der Waals surface area contributed by atoms with Crippen LogP contribution in [0.15, 0.2) is 136 Å². The van der Waals surface area contributed by atoms with Crippen LogP contribution >= 0.6 is 15.8 Å². The van der Waals surface area contributed by atoms with Crippen molar-refractivity contribution in [3.8, 4) is 22.3 Å². The van der Waals surface area contributed by atoms with Crippen molar-refractivity contribution in [3.63, 3.8) is 0 Å². The Morgan fingerprint density at radius 2 is 0.515 bits per heavy atom. The Balaban J connectivity index is 0.000000504. The molecule has 14 heteroatoms. The standard InChI is InChI=1S/2C24H31P.2C2H4.2BF4.2Rh/c2*1-4-12-20(13-5-1)23-18-10-11-19-24(23)25(21-14-6-2-7-15-21)22-16-8-3-9-17-22;2*1-2;2*2-1(3,4)5;;/h2*1,4-5,10-13,18-19,21-22H,2-3,6-9,14-17H2;2*1-2H2;;;;/q;;;;2*-1;;/p+2. The van der Waals surface area contributed by atoms with E-state index in [1.165, 1.54) is 151 Å². The first kappa shape index (κ1) is 62.1. The first-order valence-corrected chi connectivity index (χ1v) is 27.0. The quantitative estimate of drug-likeness (QED) is 0.0714. The molecule has 0 saturated heterocycles. The molecule has 0 aromatic heterocycles. The van der Waals surface area contributed by atoms with Crippen LogP contribution in [0.1, 0.15) is 128 Å². The zero-order valence-corrected chi connectivity index (χ0v) is 43.8. The third kappa shape index (κ3) is 23.1. The SMILES string of the molecule is C=C.C=C.F[B-](F)(F)F.F[B-](F)(F)F.[Rh].[Rh].c1ccc(-c2ccccc2[PH+](C2CCCCC2)C2CCCCC2)cc1.c1ccc(-c2ccccc2[PH+](C2CCCCC2)C2CCCCC2)cc1. The molecule has 8 rings (SSSR count). The van der Waals surface area contributed by atoms with Crippen LogP contribution in [0.4, 0.5) is 34.5 Å². The Morgan fingerprint density at radius 3 is 0.742 bits per heavy atom. The average molecular weight is 1140 g/mol. The van der Waals surface area contributed by atoms with Gasteiger partial charge in [0.15, 0.2) is 0 Å². The molecule has 0 amide bonds. The van der Waals surface area contributed by atoms with Gasteiger partial charge in [-0.25, -0.2) is 0 Å². The van der Waals surface area contributed by atoms with E-state index in [-0.39, 0.29) is 39.0 Å². The van der Waals surface area contributed by atoms with Gasteiger partial charge in [-0.15, -0.1) is 26.3 Å². The van der Waals surface area contributed by atoms with Crippen molar-refractivity contribution in [1.82, 2.24) is 0 Å². The summed E-state index contributed by atoms with van der Waals surface area (Å²) in [5.74, 6) is 0. The predicted octanol–water partition coefficient (Wildman–Crippen LogP) is 17.9. The summed E-state index contributed by atoms with van der Waals surface area (Å²) in [5, 5.41) is 3.50. The molecule has 4 fully saturated rings. The topological polar surface area (TPSA) is 0 Å². The second-order valence-corrected chi connectivity index (χ2v) is 23.2. The fraction of sp³-hybridized carbons (Fsp3) is 0.462. The zero-order valence-electron chi connectivity index (χ0n) is 38.5. The van der Waals surface area contributed by atoms with Gasteiger partial charge >= 0.3 is 14.5 Å². The zero-order chi connectivity index (χ0) is 46.8. The molecule has 0 heterocycles. The molecule has 0 N–H and O–H groups in total. The second kappa shape index (κ2) is 34.4. The molecule has 0 unspecified atom stereocenters. The van der Waals surface area contributed by atoms with Gasteiger partial charge in [0.05, 0.1) is 33.2 Å². The Kier molecular flexibility index (Phi) is 32.3. The Labute approximate surface area is 420 Å². The fourth-order valence-corrected chi connectivity index (χ4v) is 19.3. The maximum atomic E-state index is 9.75. The van der Waals surface area contributed by atoms with Crippen LogP contribution in [0, 0.1) is 0 Å². The van der Waals surface area contributed by atoms with E-state index < -0.39 is 30.4 Å². The maximum absolute atomic E-state index is 9.75. The molecule has 4 aliphatic carbocycles. The van der Waals surface area contributed by atoms with Crippen LogP contribution < -0.4 is 10.6 Å². The van der Waals surface area contributed by atoms with Gasteiger partial charge in [-0.3, -0.25) is 0 Å². The van der Waals surface area contributed by atoms with Crippen molar-refractivity contribution in [2.75, 3.05) is 0 Å². The molecule has 0 nitrogen and oxygen atoms in total. The summed E-state index contributed by atoms with van der Waals surface area (Å²) < 4.78 is 78.0. The van der Waals surface area contributed by atoms with Crippen LogP contribution in [0.2, 0.25) is 0 Å². The van der Waals surface area contributed by atoms with Crippen LogP contribution in [-0.4, -0.2) is 37.1 Å². The van der Waals surface area contributed by atoms with Gasteiger partial charge in [-0.1, -0.05) is 123 Å². The third-order valence-electron chi connectivity index (χ3n) is 12.8. The van der Waals surface area contributed by atoms with E-state index >= 15 is 0 Å². The molecule has 0 atom stereocenters. The van der Waals surface area contributed by atoms with Crippen LogP contribution in [0.5, 0.6) is 0 Å². The molecule has 370 valence electrons. The molecule has 0 aliphatic heterocycles. The molecule has 4 aliphatic rings. The second-order valence-electron chi connectivity index (χ2n) is 17.1. The molecular formula is C52H72B2F8P2Rh2. The molecule has 4 aromatic carbocycles. The van der Waals surface area contributed by atoms with E-state index in [0.717, 1.165) is 22.6 Å². The molecule has 0 bridgehead atoms. The minimum absolute atomic E-state index is 0. The number of rotatable bonds is 8. The monoisotopic (exact) mass is 1140 g/mol. The summed E-state index contributed by atoms with van der Waals surface area (Å²) in [6.45, 7) is 12.0. The summed E-state index contributed by atoms with van der Waals surface area (Å²) in [4.78, 5) is 0. The number of hydrogen-bond donors (Lipinski definition) is 0. The summed E-state index contributed by atoms with van der Waals surface area (Å²) in [6.07, 6.45) is 29.6. The summed E-state index contributed by atoms with van der Waals surface area (Å²) in [6, 6.07) is 41.2. The first-order valence-electron chi connectivity index (χ1n) is 23.6. The number of halogens is 8. The van der Waals surface area contributed by atoms with Gasteiger partial charge in [0.25, 0.3) is 0 Å². The van der Waals surface area contributed by atoms with E-state index in [1.54, 1.807) is 10.6 Å². The molecule has 66 heavy (non-hydrogen) atoms. The minimum atomic E-state index is -6.00. The van der Waals surface area contributed by atoms with Gasteiger partial charge in [0.1, 0.15) is 0 Å². The van der Waals surface area contributed by atoms with Gasteiger partial charge in [0.2, 0.25) is 0 Å². The van der Waals surface area contributed by atoms with E-state index in [9.17, 15) is 34.5 Å². The number of hydrogen-bond acceptors (Lipinski definition) is 0. The molecule has 4 aromatic rings. The van der Waals surface area contributed by atoms with Crippen molar-refractivity contribution in [3.05, 3.63) is 136 Å². The van der Waals surface area contributed by atoms with E-state index in [0.29, 0.717) is 0 Å². The van der Waals surface area contributed by atoms with Crippen LogP contribution in [-0.2, 0) is 39.0 Å².